The Morgan fingerprint density at radius 2 is 1.81 bits per heavy atom. The number of hydrogen-bond acceptors (Lipinski definition) is 2. The Bertz CT molecular complexity index is 736. The van der Waals surface area contributed by atoms with E-state index >= 15 is 0 Å². The summed E-state index contributed by atoms with van der Waals surface area (Å²) in [6.45, 7) is 6.34. The lowest BCUT2D eigenvalue weighted by molar-refractivity contribution is -0.127. The lowest BCUT2D eigenvalue weighted by Crippen LogP contribution is -2.41. The van der Waals surface area contributed by atoms with E-state index in [4.69, 9.17) is 0 Å². The highest BCUT2D eigenvalue weighted by Crippen LogP contribution is 2.22. The first-order valence-corrected chi connectivity index (χ1v) is 9.35. The summed E-state index contributed by atoms with van der Waals surface area (Å²) in [5.41, 5.74) is 3.07. The van der Waals surface area contributed by atoms with Crippen molar-refractivity contribution in [1.29, 1.82) is 0 Å². The van der Waals surface area contributed by atoms with Gasteiger partial charge in [0.25, 0.3) is 0 Å². The molecule has 3 rings (SSSR count). The SMILES string of the molecule is Cc1ccc([C@@H](C)NC(=O)C2CCN(Cc3ccccc3F)CC2)cc1. The molecule has 4 heteroatoms. The quantitative estimate of drug-likeness (QED) is 0.872. The summed E-state index contributed by atoms with van der Waals surface area (Å²) >= 11 is 0. The molecule has 1 amide bonds. The number of carbonyl (C=O) groups excluding carboxylic acids is 1. The number of rotatable bonds is 5. The molecule has 26 heavy (non-hydrogen) atoms. The van der Waals surface area contributed by atoms with Crippen molar-refractivity contribution in [3.8, 4) is 0 Å². The molecule has 1 N–H and O–H groups in total. The fourth-order valence-electron chi connectivity index (χ4n) is 3.49. The van der Waals surface area contributed by atoms with Crippen molar-refractivity contribution in [3.63, 3.8) is 0 Å². The van der Waals surface area contributed by atoms with E-state index in [9.17, 15) is 9.18 Å². The van der Waals surface area contributed by atoms with E-state index in [1.807, 2.05) is 19.1 Å². The minimum atomic E-state index is -0.153. The second-order valence-corrected chi connectivity index (χ2v) is 7.28. The van der Waals surface area contributed by atoms with Gasteiger partial charge in [-0.1, -0.05) is 48.0 Å². The van der Waals surface area contributed by atoms with Crippen LogP contribution < -0.4 is 5.32 Å². The number of benzene rings is 2. The normalized spacial score (nSPS) is 17.0. The van der Waals surface area contributed by atoms with Crippen LogP contribution in [-0.2, 0) is 11.3 Å². The predicted octanol–water partition coefficient (Wildman–Crippen LogP) is 4.22. The van der Waals surface area contributed by atoms with Crippen LogP contribution in [0.1, 0.15) is 42.5 Å². The molecule has 0 radical (unpaired) electrons. The van der Waals surface area contributed by atoms with Crippen LogP contribution in [-0.4, -0.2) is 23.9 Å². The Kier molecular flexibility index (Phi) is 6.04. The molecule has 138 valence electrons. The van der Waals surface area contributed by atoms with E-state index in [1.165, 1.54) is 11.6 Å². The van der Waals surface area contributed by atoms with E-state index in [1.54, 1.807) is 6.07 Å². The zero-order valence-corrected chi connectivity index (χ0v) is 15.5. The average Bonchev–Trinajstić information content (AvgIpc) is 2.64. The second-order valence-electron chi connectivity index (χ2n) is 7.28. The van der Waals surface area contributed by atoms with Crippen molar-refractivity contribution in [2.75, 3.05) is 13.1 Å². The van der Waals surface area contributed by atoms with Crippen molar-refractivity contribution in [2.24, 2.45) is 5.92 Å². The monoisotopic (exact) mass is 354 g/mol. The second kappa shape index (κ2) is 8.45. The summed E-state index contributed by atoms with van der Waals surface area (Å²) in [6.07, 6.45) is 1.64. The minimum absolute atomic E-state index is 0.0135. The molecule has 0 unspecified atom stereocenters. The molecule has 1 heterocycles. The van der Waals surface area contributed by atoms with Crippen LogP contribution in [0, 0.1) is 18.7 Å². The van der Waals surface area contributed by atoms with Crippen molar-refractivity contribution in [3.05, 3.63) is 71.0 Å². The first-order chi connectivity index (χ1) is 12.5. The lowest BCUT2D eigenvalue weighted by atomic mass is 9.94. The van der Waals surface area contributed by atoms with E-state index in [0.717, 1.165) is 37.1 Å². The third-order valence-electron chi connectivity index (χ3n) is 5.25. The Labute approximate surface area is 155 Å². The first-order valence-electron chi connectivity index (χ1n) is 9.35. The maximum Gasteiger partial charge on any atom is 0.223 e. The zero-order chi connectivity index (χ0) is 18.5. The number of piperidine rings is 1. The number of likely N-dealkylation sites (tertiary alicyclic amines) is 1. The topological polar surface area (TPSA) is 32.3 Å². The molecule has 0 aromatic heterocycles. The summed E-state index contributed by atoms with van der Waals surface area (Å²) in [5.74, 6) is 0.0164. The number of amides is 1. The molecule has 0 aliphatic carbocycles. The molecule has 3 nitrogen and oxygen atoms in total. The molecule has 1 fully saturated rings. The largest absolute Gasteiger partial charge is 0.349 e. The smallest absolute Gasteiger partial charge is 0.223 e. The van der Waals surface area contributed by atoms with Crippen LogP contribution in [0.5, 0.6) is 0 Å². The summed E-state index contributed by atoms with van der Waals surface area (Å²) in [4.78, 5) is 14.8. The molecular weight excluding hydrogens is 327 g/mol. The predicted molar refractivity (Wildman–Crippen MR) is 102 cm³/mol. The number of nitrogens with one attached hydrogen (secondary N) is 1. The number of aryl methyl sites for hydroxylation is 1. The third kappa shape index (κ3) is 4.70. The van der Waals surface area contributed by atoms with Gasteiger partial charge in [0.2, 0.25) is 5.91 Å². The van der Waals surface area contributed by atoms with Gasteiger partial charge in [-0.05, 0) is 51.4 Å². The summed E-state index contributed by atoms with van der Waals surface area (Å²) in [7, 11) is 0. The van der Waals surface area contributed by atoms with Crippen LogP contribution in [0.2, 0.25) is 0 Å². The Morgan fingerprint density at radius 3 is 2.46 bits per heavy atom. The van der Waals surface area contributed by atoms with Crippen molar-refractivity contribution < 1.29 is 9.18 Å². The Hall–Kier alpha value is -2.20. The van der Waals surface area contributed by atoms with Gasteiger partial charge in [0.05, 0.1) is 6.04 Å². The van der Waals surface area contributed by atoms with Crippen LogP contribution in [0.3, 0.4) is 0 Å². The van der Waals surface area contributed by atoms with Gasteiger partial charge in [0.1, 0.15) is 5.82 Å². The molecule has 0 bridgehead atoms. The molecule has 1 aliphatic heterocycles. The van der Waals surface area contributed by atoms with Crippen LogP contribution >= 0.6 is 0 Å². The Balaban J connectivity index is 1.49. The van der Waals surface area contributed by atoms with Gasteiger partial charge in [-0.15, -0.1) is 0 Å². The van der Waals surface area contributed by atoms with E-state index in [-0.39, 0.29) is 23.7 Å². The van der Waals surface area contributed by atoms with E-state index in [2.05, 4.69) is 41.4 Å². The lowest BCUT2D eigenvalue weighted by Gasteiger charge is -2.32. The summed E-state index contributed by atoms with van der Waals surface area (Å²) in [5, 5.41) is 3.14. The molecule has 1 aliphatic rings. The third-order valence-corrected chi connectivity index (χ3v) is 5.25. The molecule has 2 aromatic rings. The summed E-state index contributed by atoms with van der Waals surface area (Å²) in [6, 6.07) is 15.2. The maximum absolute atomic E-state index is 13.8. The summed E-state index contributed by atoms with van der Waals surface area (Å²) < 4.78 is 13.8. The molecule has 2 aromatic carbocycles. The van der Waals surface area contributed by atoms with Gasteiger partial charge < -0.3 is 5.32 Å². The van der Waals surface area contributed by atoms with Gasteiger partial charge in [0.15, 0.2) is 0 Å². The highest BCUT2D eigenvalue weighted by Gasteiger charge is 2.26. The van der Waals surface area contributed by atoms with Crippen molar-refractivity contribution in [1.82, 2.24) is 10.2 Å². The van der Waals surface area contributed by atoms with Crippen molar-refractivity contribution >= 4 is 5.91 Å². The highest BCUT2D eigenvalue weighted by molar-refractivity contribution is 5.79. The Morgan fingerprint density at radius 1 is 1.15 bits per heavy atom. The molecular formula is C22H27FN2O. The number of halogens is 1. The van der Waals surface area contributed by atoms with Crippen LogP contribution in [0.15, 0.2) is 48.5 Å². The fourth-order valence-corrected chi connectivity index (χ4v) is 3.49. The highest BCUT2D eigenvalue weighted by atomic mass is 19.1. The van der Waals surface area contributed by atoms with Crippen LogP contribution in [0.4, 0.5) is 4.39 Å². The van der Waals surface area contributed by atoms with Crippen molar-refractivity contribution in [2.45, 2.75) is 39.3 Å². The maximum atomic E-state index is 13.8. The standard InChI is InChI=1S/C22H27FN2O/c1-16-7-9-18(10-8-16)17(2)24-22(26)19-11-13-25(14-12-19)15-20-5-3-4-6-21(20)23/h3-10,17,19H,11-15H2,1-2H3,(H,24,26)/t17-/m1/s1. The number of nitrogens with zero attached hydrogens (tertiary/aromatic N) is 1. The van der Waals surface area contributed by atoms with Crippen LogP contribution in [0.25, 0.3) is 0 Å². The number of hydrogen-bond donors (Lipinski definition) is 1. The minimum Gasteiger partial charge on any atom is -0.349 e. The van der Waals surface area contributed by atoms with E-state index in [0.29, 0.717) is 6.54 Å². The number of carbonyl (C=O) groups is 1. The van der Waals surface area contributed by atoms with E-state index < -0.39 is 0 Å². The molecule has 1 saturated heterocycles. The van der Waals surface area contributed by atoms with Gasteiger partial charge >= 0.3 is 0 Å². The van der Waals surface area contributed by atoms with Gasteiger partial charge in [-0.3, -0.25) is 9.69 Å². The fraction of sp³-hybridized carbons (Fsp3) is 0.409. The van der Waals surface area contributed by atoms with Gasteiger partial charge in [0, 0.05) is 18.0 Å². The molecule has 0 saturated carbocycles. The molecule has 0 spiro atoms. The van der Waals surface area contributed by atoms with Gasteiger partial charge in [-0.25, -0.2) is 4.39 Å². The van der Waals surface area contributed by atoms with Gasteiger partial charge in [-0.2, -0.15) is 0 Å². The zero-order valence-electron chi connectivity index (χ0n) is 15.5. The average molecular weight is 354 g/mol. The molecule has 1 atom stereocenters. The first kappa shape index (κ1) is 18.6.